The minimum Gasteiger partial charge on any atom is -0.466 e. The van der Waals surface area contributed by atoms with Crippen molar-refractivity contribution >= 4 is 17.7 Å². The number of nitrogens with one attached hydrogen (secondary N) is 1. The van der Waals surface area contributed by atoms with E-state index in [1.54, 1.807) is 0 Å². The van der Waals surface area contributed by atoms with E-state index in [0.717, 1.165) is 32.5 Å². The van der Waals surface area contributed by atoms with Crippen molar-refractivity contribution in [2.24, 2.45) is 5.92 Å². The van der Waals surface area contributed by atoms with Gasteiger partial charge < -0.3 is 14.5 Å². The first-order valence-corrected chi connectivity index (χ1v) is 8.54. The SMILES string of the molecule is CCOC(=O)[C@H]1CCC[NH+](C/C=C/c2ccc(N(C)C)cc2)C1. The molecule has 1 aromatic rings. The van der Waals surface area contributed by atoms with Gasteiger partial charge in [0.05, 0.1) is 26.2 Å². The van der Waals surface area contributed by atoms with Crippen LogP contribution in [0.3, 0.4) is 0 Å². The molecule has 1 saturated heterocycles. The fraction of sp³-hybridized carbons (Fsp3) is 0.526. The zero-order chi connectivity index (χ0) is 16.7. The highest BCUT2D eigenvalue weighted by molar-refractivity contribution is 5.72. The van der Waals surface area contributed by atoms with Crippen LogP contribution in [-0.4, -0.2) is 46.3 Å². The molecule has 2 rings (SSSR count). The fourth-order valence-electron chi connectivity index (χ4n) is 3.04. The van der Waals surface area contributed by atoms with E-state index in [1.807, 2.05) is 21.0 Å². The number of benzene rings is 1. The van der Waals surface area contributed by atoms with Gasteiger partial charge in [0.2, 0.25) is 0 Å². The molecule has 126 valence electrons. The predicted octanol–water partition coefficient (Wildman–Crippen LogP) is 1.62. The summed E-state index contributed by atoms with van der Waals surface area (Å²) in [6.07, 6.45) is 6.45. The van der Waals surface area contributed by atoms with Crippen LogP contribution in [0.25, 0.3) is 6.08 Å². The molecular weight excluding hydrogens is 288 g/mol. The van der Waals surface area contributed by atoms with Gasteiger partial charge in [-0.1, -0.05) is 18.2 Å². The molecule has 4 heteroatoms. The molecule has 1 aliphatic heterocycles. The Hall–Kier alpha value is -1.81. The van der Waals surface area contributed by atoms with Crippen LogP contribution in [0.1, 0.15) is 25.3 Å². The van der Waals surface area contributed by atoms with Crippen LogP contribution in [0.4, 0.5) is 5.69 Å². The summed E-state index contributed by atoms with van der Waals surface area (Å²) >= 11 is 0. The minimum absolute atomic E-state index is 0.0204. The summed E-state index contributed by atoms with van der Waals surface area (Å²) in [5, 5.41) is 0. The first-order chi connectivity index (χ1) is 11.1. The number of ether oxygens (including phenoxy) is 1. The molecule has 0 bridgehead atoms. The molecule has 1 heterocycles. The van der Waals surface area contributed by atoms with Crippen molar-refractivity contribution in [2.45, 2.75) is 19.8 Å². The summed E-state index contributed by atoms with van der Waals surface area (Å²) in [5.74, 6) is 0.0550. The number of piperidine rings is 1. The lowest BCUT2D eigenvalue weighted by molar-refractivity contribution is -0.901. The number of quaternary nitrogens is 1. The number of esters is 1. The smallest absolute Gasteiger partial charge is 0.314 e. The van der Waals surface area contributed by atoms with E-state index in [-0.39, 0.29) is 11.9 Å². The van der Waals surface area contributed by atoms with Crippen molar-refractivity contribution in [3.05, 3.63) is 35.9 Å². The summed E-state index contributed by atoms with van der Waals surface area (Å²) in [7, 11) is 4.09. The molecule has 0 amide bonds. The van der Waals surface area contributed by atoms with Crippen LogP contribution in [0.2, 0.25) is 0 Å². The van der Waals surface area contributed by atoms with E-state index >= 15 is 0 Å². The van der Waals surface area contributed by atoms with Gasteiger partial charge in [0.25, 0.3) is 0 Å². The lowest BCUT2D eigenvalue weighted by atomic mass is 9.98. The number of rotatable bonds is 6. The molecule has 1 aromatic carbocycles. The number of carbonyl (C=O) groups is 1. The Morgan fingerprint density at radius 1 is 1.35 bits per heavy atom. The van der Waals surface area contributed by atoms with Crippen LogP contribution in [0.5, 0.6) is 0 Å². The quantitative estimate of drug-likeness (QED) is 0.810. The van der Waals surface area contributed by atoms with Crippen molar-refractivity contribution in [1.82, 2.24) is 0 Å². The number of hydrogen-bond donors (Lipinski definition) is 1. The highest BCUT2D eigenvalue weighted by Crippen LogP contribution is 2.13. The van der Waals surface area contributed by atoms with E-state index in [1.165, 1.54) is 16.2 Å². The maximum absolute atomic E-state index is 11.9. The van der Waals surface area contributed by atoms with E-state index < -0.39 is 0 Å². The largest absolute Gasteiger partial charge is 0.466 e. The zero-order valence-electron chi connectivity index (χ0n) is 14.5. The van der Waals surface area contributed by atoms with Gasteiger partial charge in [-0.3, -0.25) is 4.79 Å². The standard InChI is InChI=1S/C19H28N2O2/c1-4-23-19(22)17-8-6-14-21(15-17)13-5-7-16-9-11-18(12-10-16)20(2)3/h5,7,9-12,17H,4,6,8,13-15H2,1-3H3/p+1/b7-5+/t17-/m0/s1. The first-order valence-electron chi connectivity index (χ1n) is 8.54. The van der Waals surface area contributed by atoms with Crippen LogP contribution in [0, 0.1) is 5.92 Å². The molecular formula is C19H29N2O2+. The highest BCUT2D eigenvalue weighted by Gasteiger charge is 2.28. The van der Waals surface area contributed by atoms with Crippen molar-refractivity contribution in [3.63, 3.8) is 0 Å². The second kappa shape index (κ2) is 8.73. The van der Waals surface area contributed by atoms with Crippen molar-refractivity contribution in [3.8, 4) is 0 Å². The number of anilines is 1. The molecule has 1 aliphatic rings. The van der Waals surface area contributed by atoms with Crippen LogP contribution < -0.4 is 9.80 Å². The highest BCUT2D eigenvalue weighted by atomic mass is 16.5. The number of nitrogens with zero attached hydrogens (tertiary/aromatic N) is 1. The summed E-state index contributed by atoms with van der Waals surface area (Å²) in [5.41, 5.74) is 2.43. The van der Waals surface area contributed by atoms with E-state index in [4.69, 9.17) is 4.74 Å². The zero-order valence-corrected chi connectivity index (χ0v) is 14.5. The molecule has 23 heavy (non-hydrogen) atoms. The van der Waals surface area contributed by atoms with Crippen LogP contribution in [0.15, 0.2) is 30.3 Å². The second-order valence-electron chi connectivity index (χ2n) is 6.39. The van der Waals surface area contributed by atoms with Gasteiger partial charge in [-0.2, -0.15) is 0 Å². The molecule has 2 atom stereocenters. The molecule has 0 spiro atoms. The minimum atomic E-state index is -0.0204. The number of carbonyl (C=O) groups excluding carboxylic acids is 1. The second-order valence-corrected chi connectivity index (χ2v) is 6.39. The Balaban J connectivity index is 1.83. The Morgan fingerprint density at radius 3 is 2.74 bits per heavy atom. The lowest BCUT2D eigenvalue weighted by Gasteiger charge is -2.27. The average Bonchev–Trinajstić information content (AvgIpc) is 2.56. The van der Waals surface area contributed by atoms with Crippen LogP contribution >= 0.6 is 0 Å². The molecule has 4 nitrogen and oxygen atoms in total. The van der Waals surface area contributed by atoms with Gasteiger partial charge >= 0.3 is 5.97 Å². The molecule has 0 aliphatic carbocycles. The normalized spacial score (nSPS) is 21.3. The van der Waals surface area contributed by atoms with E-state index in [2.05, 4.69) is 41.3 Å². The molecule has 1 unspecified atom stereocenters. The van der Waals surface area contributed by atoms with Gasteiger partial charge in [-0.05, 0) is 43.5 Å². The van der Waals surface area contributed by atoms with Gasteiger partial charge in [0, 0.05) is 19.8 Å². The Bertz CT molecular complexity index is 523. The lowest BCUT2D eigenvalue weighted by Crippen LogP contribution is -3.13. The third kappa shape index (κ3) is 5.39. The Labute approximate surface area is 139 Å². The van der Waals surface area contributed by atoms with Crippen molar-refractivity contribution < 1.29 is 14.4 Å². The molecule has 1 N–H and O–H groups in total. The predicted molar refractivity (Wildman–Crippen MR) is 94.7 cm³/mol. The maximum atomic E-state index is 11.9. The summed E-state index contributed by atoms with van der Waals surface area (Å²) < 4.78 is 5.16. The van der Waals surface area contributed by atoms with E-state index in [9.17, 15) is 4.79 Å². The fourth-order valence-corrected chi connectivity index (χ4v) is 3.04. The summed E-state index contributed by atoms with van der Waals surface area (Å²) in [6, 6.07) is 8.53. The van der Waals surface area contributed by atoms with E-state index in [0.29, 0.717) is 6.61 Å². The molecule has 0 saturated carbocycles. The molecule has 0 aromatic heterocycles. The first kappa shape index (κ1) is 17.5. The average molecular weight is 317 g/mol. The van der Waals surface area contributed by atoms with Gasteiger partial charge in [-0.25, -0.2) is 0 Å². The van der Waals surface area contributed by atoms with Crippen molar-refractivity contribution in [1.29, 1.82) is 0 Å². The Morgan fingerprint density at radius 2 is 2.09 bits per heavy atom. The third-order valence-electron chi connectivity index (χ3n) is 4.36. The van der Waals surface area contributed by atoms with Gasteiger partial charge in [0.15, 0.2) is 0 Å². The van der Waals surface area contributed by atoms with Gasteiger partial charge in [-0.15, -0.1) is 0 Å². The Kier molecular flexibility index (Phi) is 6.66. The molecule has 0 radical (unpaired) electrons. The molecule has 1 fully saturated rings. The van der Waals surface area contributed by atoms with Gasteiger partial charge in [0.1, 0.15) is 5.92 Å². The monoisotopic (exact) mass is 317 g/mol. The summed E-state index contributed by atoms with van der Waals surface area (Å²) in [4.78, 5) is 15.4. The maximum Gasteiger partial charge on any atom is 0.314 e. The summed E-state index contributed by atoms with van der Waals surface area (Å²) in [6.45, 7) is 5.34. The number of likely N-dealkylation sites (tertiary alicyclic amines) is 1. The number of hydrogen-bond acceptors (Lipinski definition) is 3. The van der Waals surface area contributed by atoms with Crippen LogP contribution in [-0.2, 0) is 9.53 Å². The van der Waals surface area contributed by atoms with Crippen molar-refractivity contribution in [2.75, 3.05) is 45.2 Å². The third-order valence-corrected chi connectivity index (χ3v) is 4.36. The topological polar surface area (TPSA) is 34.0 Å².